The largest absolute Gasteiger partial charge is 0.569 e. The third-order valence-corrected chi connectivity index (χ3v) is 2.36. The van der Waals surface area contributed by atoms with Crippen molar-refractivity contribution in [2.24, 2.45) is 0 Å². The van der Waals surface area contributed by atoms with E-state index in [1.165, 1.54) is 0 Å². The van der Waals surface area contributed by atoms with Gasteiger partial charge in [0.2, 0.25) is 0 Å². The minimum absolute atomic E-state index is 0.587. The summed E-state index contributed by atoms with van der Waals surface area (Å²) in [6.45, 7) is 0. The van der Waals surface area contributed by atoms with Crippen LogP contribution in [0.4, 0.5) is 23.2 Å². The molecule has 1 rings (SSSR count). The summed E-state index contributed by atoms with van der Waals surface area (Å²) in [5, 5.41) is 0. The van der Waals surface area contributed by atoms with Gasteiger partial charge in [-0.25, -0.2) is 12.8 Å². The number of nitrogens with zero attached hydrogens (tertiary/aromatic N) is 1. The molecule has 0 amide bonds. The molecule has 0 aromatic heterocycles. The van der Waals surface area contributed by atoms with Gasteiger partial charge in [0.1, 0.15) is 5.82 Å². The first-order chi connectivity index (χ1) is 6.72. The summed E-state index contributed by atoms with van der Waals surface area (Å²) in [5.74, 6) is -0.867. The molecule has 0 aliphatic rings. The Labute approximate surface area is 82.8 Å². The summed E-state index contributed by atoms with van der Waals surface area (Å²) in [6.07, 6.45) is 0. The molecule has 0 unspecified atom stereocenters. The van der Waals surface area contributed by atoms with Crippen molar-refractivity contribution in [1.29, 1.82) is 0 Å². The first-order valence-corrected chi connectivity index (χ1v) is 4.96. The fourth-order valence-electron chi connectivity index (χ4n) is 0.723. The van der Waals surface area contributed by atoms with Crippen molar-refractivity contribution in [2.45, 2.75) is 5.51 Å². The Kier molecular flexibility index (Phi) is 2.89. The number of halogens is 4. The van der Waals surface area contributed by atoms with E-state index in [9.17, 15) is 26.0 Å². The highest BCUT2D eigenvalue weighted by atomic mass is 32.2. The van der Waals surface area contributed by atoms with Crippen LogP contribution in [-0.4, -0.2) is 13.9 Å². The van der Waals surface area contributed by atoms with Crippen molar-refractivity contribution in [1.82, 2.24) is 0 Å². The number of alkyl halides is 3. The average Bonchev–Trinajstić information content (AvgIpc) is 2.00. The minimum atomic E-state index is -5.61. The Morgan fingerprint density at radius 2 is 1.80 bits per heavy atom. The molecule has 0 radical (unpaired) electrons. The third-order valence-electron chi connectivity index (χ3n) is 1.33. The molecule has 3 nitrogen and oxygen atoms in total. The summed E-state index contributed by atoms with van der Waals surface area (Å²) >= 11 is 0. The molecule has 0 N–H and O–H groups in total. The van der Waals surface area contributed by atoms with Gasteiger partial charge in [0.15, 0.2) is 10.0 Å². The summed E-state index contributed by atoms with van der Waals surface area (Å²) in [7, 11) is -5.61. The Hall–Kier alpha value is -1.31. The Balaban J connectivity index is 2.98. The van der Waals surface area contributed by atoms with Crippen LogP contribution in [0, 0.1) is 5.82 Å². The van der Waals surface area contributed by atoms with Gasteiger partial charge in [-0.3, -0.25) is 0 Å². The van der Waals surface area contributed by atoms with E-state index in [-0.39, 0.29) is 0 Å². The number of hydrogen-bond acceptors (Lipinski definition) is 2. The molecule has 84 valence electrons. The van der Waals surface area contributed by atoms with Gasteiger partial charge < -0.3 is 4.72 Å². The van der Waals surface area contributed by atoms with Crippen molar-refractivity contribution < 1.29 is 26.0 Å². The molecule has 0 bridgehead atoms. The van der Waals surface area contributed by atoms with Crippen molar-refractivity contribution >= 4 is 15.7 Å². The predicted octanol–water partition coefficient (Wildman–Crippen LogP) is 2.68. The fourth-order valence-corrected chi connectivity index (χ4v) is 1.22. The lowest BCUT2D eigenvalue weighted by atomic mass is 10.3. The van der Waals surface area contributed by atoms with Crippen LogP contribution in [0.15, 0.2) is 24.3 Å². The van der Waals surface area contributed by atoms with Gasteiger partial charge in [0, 0.05) is 0 Å². The second-order valence-electron chi connectivity index (χ2n) is 2.49. The van der Waals surface area contributed by atoms with E-state index in [0.717, 1.165) is 18.2 Å². The zero-order chi connectivity index (χ0) is 11.7. The topological polar surface area (TPSA) is 48.2 Å². The van der Waals surface area contributed by atoms with Gasteiger partial charge in [-0.15, -0.1) is 5.69 Å². The molecule has 0 spiro atoms. The van der Waals surface area contributed by atoms with Crippen LogP contribution in [-0.2, 0) is 10.0 Å². The van der Waals surface area contributed by atoms with Crippen LogP contribution < -0.4 is 0 Å². The molecule has 0 saturated carbocycles. The second kappa shape index (κ2) is 3.69. The number of benzene rings is 1. The van der Waals surface area contributed by atoms with E-state index in [2.05, 4.69) is 4.72 Å². The highest BCUT2D eigenvalue weighted by Crippen LogP contribution is 2.33. The summed E-state index contributed by atoms with van der Waals surface area (Å²) in [6, 6.07) is 3.55. The fraction of sp³-hybridized carbons (Fsp3) is 0.143. The van der Waals surface area contributed by atoms with E-state index in [1.54, 1.807) is 0 Å². The predicted molar refractivity (Wildman–Crippen MR) is 44.4 cm³/mol. The SMILES string of the molecule is O=S(=O)([N-]c1cccc(F)c1)C(F)(F)F. The molecule has 8 heteroatoms. The van der Waals surface area contributed by atoms with Gasteiger partial charge >= 0.3 is 5.51 Å². The van der Waals surface area contributed by atoms with Gasteiger partial charge in [-0.2, -0.15) is 13.2 Å². The highest BCUT2D eigenvalue weighted by Gasteiger charge is 2.39. The van der Waals surface area contributed by atoms with Gasteiger partial charge in [-0.05, 0) is 12.1 Å². The molecule has 1 aromatic rings. The standard InChI is InChI=1S/C7H4F4NO2S/c8-5-2-1-3-6(4-5)12-15(13,14)7(9,10)11/h1-4H/q-1. The minimum Gasteiger partial charge on any atom is -0.569 e. The molecule has 0 fully saturated rings. The van der Waals surface area contributed by atoms with E-state index in [0.29, 0.717) is 6.07 Å². The quantitative estimate of drug-likeness (QED) is 0.748. The first kappa shape index (κ1) is 11.8. The van der Waals surface area contributed by atoms with Crippen molar-refractivity contribution in [3.05, 3.63) is 34.8 Å². The molecule has 0 saturated heterocycles. The van der Waals surface area contributed by atoms with Gasteiger partial charge in [0.25, 0.3) is 0 Å². The van der Waals surface area contributed by atoms with E-state index >= 15 is 0 Å². The molecule has 0 heterocycles. The van der Waals surface area contributed by atoms with E-state index in [4.69, 9.17) is 0 Å². The molecular weight excluding hydrogens is 238 g/mol. The molecule has 15 heavy (non-hydrogen) atoms. The molecule has 0 aliphatic heterocycles. The van der Waals surface area contributed by atoms with Crippen molar-refractivity contribution in [3.63, 3.8) is 0 Å². The Bertz CT molecular complexity index is 454. The van der Waals surface area contributed by atoms with Crippen LogP contribution in [0.3, 0.4) is 0 Å². The molecule has 1 aromatic carbocycles. The van der Waals surface area contributed by atoms with Gasteiger partial charge in [-0.1, -0.05) is 12.1 Å². The van der Waals surface area contributed by atoms with Crippen LogP contribution in [0.2, 0.25) is 0 Å². The number of rotatable bonds is 2. The lowest BCUT2D eigenvalue weighted by molar-refractivity contribution is -0.0425. The maximum absolute atomic E-state index is 12.5. The van der Waals surface area contributed by atoms with E-state index in [1.807, 2.05) is 0 Å². The second-order valence-corrected chi connectivity index (χ2v) is 4.09. The third kappa shape index (κ3) is 2.82. The van der Waals surface area contributed by atoms with Crippen LogP contribution in [0.25, 0.3) is 4.72 Å². The van der Waals surface area contributed by atoms with Gasteiger partial charge in [0.05, 0.1) is 0 Å². The normalized spacial score (nSPS) is 12.5. The highest BCUT2D eigenvalue weighted by molar-refractivity contribution is 7.95. The Morgan fingerprint density at radius 1 is 1.20 bits per heavy atom. The lowest BCUT2D eigenvalue weighted by Crippen LogP contribution is -2.20. The first-order valence-electron chi connectivity index (χ1n) is 3.52. The number of hydrogen-bond donors (Lipinski definition) is 0. The van der Waals surface area contributed by atoms with Crippen molar-refractivity contribution in [2.75, 3.05) is 0 Å². The van der Waals surface area contributed by atoms with Crippen LogP contribution >= 0.6 is 0 Å². The molecule has 0 atom stereocenters. The summed E-state index contributed by atoms with van der Waals surface area (Å²) in [5.41, 5.74) is -6.08. The Morgan fingerprint density at radius 3 is 2.27 bits per heavy atom. The zero-order valence-corrected chi connectivity index (χ0v) is 7.81. The van der Waals surface area contributed by atoms with Crippen LogP contribution in [0.5, 0.6) is 0 Å². The smallest absolute Gasteiger partial charge is 0.483 e. The summed E-state index contributed by atoms with van der Waals surface area (Å²) in [4.78, 5) is 0. The summed E-state index contributed by atoms with van der Waals surface area (Å²) < 4.78 is 71.5. The monoisotopic (exact) mass is 242 g/mol. The maximum atomic E-state index is 12.5. The lowest BCUT2D eigenvalue weighted by Gasteiger charge is -2.22. The van der Waals surface area contributed by atoms with Crippen LogP contribution in [0.1, 0.15) is 0 Å². The average molecular weight is 242 g/mol. The number of sulfonamides is 1. The molecule has 0 aliphatic carbocycles. The maximum Gasteiger partial charge on any atom is 0.483 e. The molecular formula is C7H4F4NO2S-. The van der Waals surface area contributed by atoms with Crippen molar-refractivity contribution in [3.8, 4) is 0 Å². The van der Waals surface area contributed by atoms with E-state index < -0.39 is 27.0 Å². The zero-order valence-electron chi connectivity index (χ0n) is 6.99.